The number of carboxylic acid groups (broad SMARTS) is 1. The third-order valence-corrected chi connectivity index (χ3v) is 3.50. The Bertz CT molecular complexity index is 423. The summed E-state index contributed by atoms with van der Waals surface area (Å²) in [6.07, 6.45) is 1.23. The van der Waals surface area contributed by atoms with Crippen LogP contribution in [0.4, 0.5) is 0 Å². The van der Waals surface area contributed by atoms with Gasteiger partial charge in [-0.15, -0.1) is 0 Å². The van der Waals surface area contributed by atoms with Gasteiger partial charge in [0.1, 0.15) is 0 Å². The Labute approximate surface area is 117 Å². The molecule has 0 spiro atoms. The highest BCUT2D eigenvalue weighted by Gasteiger charge is 2.19. The minimum atomic E-state index is -0.846. The summed E-state index contributed by atoms with van der Waals surface area (Å²) in [5.74, 6) is -1.16. The van der Waals surface area contributed by atoms with Gasteiger partial charge in [0.2, 0.25) is 0 Å². The summed E-state index contributed by atoms with van der Waals surface area (Å²) >= 11 is 12.0. The average molecular weight is 290 g/mol. The van der Waals surface area contributed by atoms with Gasteiger partial charge >= 0.3 is 5.97 Å². The van der Waals surface area contributed by atoms with Gasteiger partial charge in [-0.05, 0) is 42.5 Å². The van der Waals surface area contributed by atoms with E-state index in [0.717, 1.165) is 5.56 Å². The largest absolute Gasteiger partial charge is 0.481 e. The highest BCUT2D eigenvalue weighted by molar-refractivity contribution is 6.33. The fourth-order valence-electron chi connectivity index (χ4n) is 1.94. The van der Waals surface area contributed by atoms with E-state index in [1.54, 1.807) is 12.1 Å². The minimum Gasteiger partial charge on any atom is -0.481 e. The van der Waals surface area contributed by atoms with Crippen LogP contribution in [0.2, 0.25) is 10.0 Å². The highest BCUT2D eigenvalue weighted by Crippen LogP contribution is 2.25. The molecule has 0 amide bonds. The maximum absolute atomic E-state index is 10.9. The van der Waals surface area contributed by atoms with Crippen molar-refractivity contribution in [3.8, 4) is 0 Å². The summed E-state index contributed by atoms with van der Waals surface area (Å²) in [7, 11) is 0. The Kier molecular flexibility index (Phi) is 5.93. The fourth-order valence-corrected chi connectivity index (χ4v) is 2.33. The predicted octanol–water partition coefficient (Wildman–Crippen LogP) is 3.22. The van der Waals surface area contributed by atoms with Gasteiger partial charge in [0, 0.05) is 16.6 Å². The number of hydrogen-bond acceptors (Lipinski definition) is 2. The van der Waals surface area contributed by atoms with Crippen LogP contribution in [-0.2, 0) is 11.2 Å². The number of carbonyl (C=O) groups is 1. The van der Waals surface area contributed by atoms with Crippen LogP contribution in [0.3, 0.4) is 0 Å². The van der Waals surface area contributed by atoms with Crippen LogP contribution in [0.15, 0.2) is 18.2 Å². The average Bonchev–Trinajstić information content (AvgIpc) is 2.30. The standard InChI is InChI=1S/C13H17Cl2NO2/c1-8(5-10(7-16)13(17)18)4-9-6-11(14)2-3-12(9)15/h2-3,6,8,10H,4-5,7,16H2,1H3,(H,17,18). The zero-order chi connectivity index (χ0) is 13.7. The van der Waals surface area contributed by atoms with Crippen molar-refractivity contribution in [3.63, 3.8) is 0 Å². The second kappa shape index (κ2) is 6.98. The van der Waals surface area contributed by atoms with E-state index < -0.39 is 11.9 Å². The zero-order valence-corrected chi connectivity index (χ0v) is 11.7. The van der Waals surface area contributed by atoms with Crippen molar-refractivity contribution in [2.45, 2.75) is 19.8 Å². The molecule has 0 heterocycles. The smallest absolute Gasteiger partial charge is 0.307 e. The molecule has 0 saturated heterocycles. The molecule has 1 aromatic rings. The molecule has 100 valence electrons. The summed E-state index contributed by atoms with van der Waals surface area (Å²) in [4.78, 5) is 10.9. The van der Waals surface area contributed by atoms with E-state index in [-0.39, 0.29) is 12.5 Å². The minimum absolute atomic E-state index is 0.156. The molecule has 0 bridgehead atoms. The first-order chi connectivity index (χ1) is 8.43. The molecule has 0 fully saturated rings. The summed E-state index contributed by atoms with van der Waals surface area (Å²) < 4.78 is 0. The van der Waals surface area contributed by atoms with Crippen LogP contribution >= 0.6 is 23.2 Å². The molecule has 0 aliphatic heterocycles. The first-order valence-corrected chi connectivity index (χ1v) is 6.56. The van der Waals surface area contributed by atoms with Crippen LogP contribution < -0.4 is 5.73 Å². The van der Waals surface area contributed by atoms with Crippen molar-refractivity contribution >= 4 is 29.2 Å². The van der Waals surface area contributed by atoms with Crippen molar-refractivity contribution in [1.82, 2.24) is 0 Å². The van der Waals surface area contributed by atoms with Gasteiger partial charge in [0.05, 0.1) is 5.92 Å². The molecule has 0 radical (unpaired) electrons. The normalized spacial score (nSPS) is 14.2. The van der Waals surface area contributed by atoms with E-state index in [9.17, 15) is 4.79 Å². The molecule has 0 aliphatic rings. The van der Waals surface area contributed by atoms with Gasteiger partial charge in [-0.1, -0.05) is 30.1 Å². The number of aliphatic carboxylic acids is 1. The third-order valence-electron chi connectivity index (χ3n) is 2.90. The number of rotatable bonds is 6. The van der Waals surface area contributed by atoms with E-state index in [1.165, 1.54) is 0 Å². The molecule has 3 N–H and O–H groups in total. The predicted molar refractivity (Wildman–Crippen MR) is 74.1 cm³/mol. The lowest BCUT2D eigenvalue weighted by atomic mass is 9.91. The Morgan fingerprint density at radius 3 is 2.67 bits per heavy atom. The number of halogens is 2. The van der Waals surface area contributed by atoms with Gasteiger partial charge < -0.3 is 10.8 Å². The summed E-state index contributed by atoms with van der Waals surface area (Å²) in [6, 6.07) is 5.31. The Hall–Kier alpha value is -0.770. The second-order valence-electron chi connectivity index (χ2n) is 4.55. The topological polar surface area (TPSA) is 63.3 Å². The molecular formula is C13H17Cl2NO2. The van der Waals surface area contributed by atoms with Crippen LogP contribution in [0.25, 0.3) is 0 Å². The fraction of sp³-hybridized carbons (Fsp3) is 0.462. The first-order valence-electron chi connectivity index (χ1n) is 5.80. The van der Waals surface area contributed by atoms with Crippen LogP contribution in [0.1, 0.15) is 18.9 Å². The monoisotopic (exact) mass is 289 g/mol. The van der Waals surface area contributed by atoms with Crippen molar-refractivity contribution in [2.24, 2.45) is 17.6 Å². The molecule has 1 aromatic carbocycles. The molecule has 0 aliphatic carbocycles. The van der Waals surface area contributed by atoms with Crippen molar-refractivity contribution in [3.05, 3.63) is 33.8 Å². The number of carboxylic acids is 1. The van der Waals surface area contributed by atoms with E-state index >= 15 is 0 Å². The summed E-state index contributed by atoms with van der Waals surface area (Å²) in [5.41, 5.74) is 6.38. The number of benzene rings is 1. The Morgan fingerprint density at radius 1 is 1.44 bits per heavy atom. The molecule has 1 rings (SSSR count). The van der Waals surface area contributed by atoms with E-state index in [0.29, 0.717) is 22.9 Å². The maximum atomic E-state index is 10.9. The molecule has 18 heavy (non-hydrogen) atoms. The van der Waals surface area contributed by atoms with Gasteiger partial charge in [-0.3, -0.25) is 4.79 Å². The Balaban J connectivity index is 2.66. The molecule has 2 atom stereocenters. The first kappa shape index (κ1) is 15.3. The van der Waals surface area contributed by atoms with Crippen LogP contribution in [0, 0.1) is 11.8 Å². The number of hydrogen-bond donors (Lipinski definition) is 2. The molecular weight excluding hydrogens is 273 g/mol. The van der Waals surface area contributed by atoms with E-state index in [4.69, 9.17) is 34.0 Å². The lowest BCUT2D eigenvalue weighted by molar-refractivity contribution is -0.141. The van der Waals surface area contributed by atoms with Gasteiger partial charge in [-0.2, -0.15) is 0 Å². The molecule has 5 heteroatoms. The second-order valence-corrected chi connectivity index (χ2v) is 5.40. The SMILES string of the molecule is CC(Cc1cc(Cl)ccc1Cl)CC(CN)C(=O)O. The van der Waals surface area contributed by atoms with Crippen molar-refractivity contribution in [1.29, 1.82) is 0 Å². The maximum Gasteiger partial charge on any atom is 0.307 e. The lowest BCUT2D eigenvalue weighted by Crippen LogP contribution is -2.25. The van der Waals surface area contributed by atoms with Gasteiger partial charge in [0.15, 0.2) is 0 Å². The Morgan fingerprint density at radius 2 is 2.11 bits per heavy atom. The molecule has 0 saturated carbocycles. The van der Waals surface area contributed by atoms with Gasteiger partial charge in [-0.25, -0.2) is 0 Å². The molecule has 0 aromatic heterocycles. The van der Waals surface area contributed by atoms with E-state index in [2.05, 4.69) is 0 Å². The van der Waals surface area contributed by atoms with Crippen LogP contribution in [0.5, 0.6) is 0 Å². The zero-order valence-electron chi connectivity index (χ0n) is 10.2. The van der Waals surface area contributed by atoms with Crippen molar-refractivity contribution < 1.29 is 9.90 Å². The quantitative estimate of drug-likeness (QED) is 0.845. The molecule has 3 nitrogen and oxygen atoms in total. The third kappa shape index (κ3) is 4.48. The van der Waals surface area contributed by atoms with E-state index in [1.807, 2.05) is 13.0 Å². The van der Waals surface area contributed by atoms with Crippen LogP contribution in [-0.4, -0.2) is 17.6 Å². The summed E-state index contributed by atoms with van der Waals surface area (Å²) in [6.45, 7) is 2.14. The van der Waals surface area contributed by atoms with Gasteiger partial charge in [0.25, 0.3) is 0 Å². The highest BCUT2D eigenvalue weighted by atomic mass is 35.5. The number of nitrogens with two attached hydrogens (primary N) is 1. The van der Waals surface area contributed by atoms with Crippen molar-refractivity contribution in [2.75, 3.05) is 6.54 Å². The lowest BCUT2D eigenvalue weighted by Gasteiger charge is -2.17. The molecule has 2 unspecified atom stereocenters. The summed E-state index contributed by atoms with van der Waals surface area (Å²) in [5, 5.41) is 10.3.